The average molecular weight is 381 g/mol. The van der Waals surface area contributed by atoms with Crippen LogP contribution < -0.4 is 0 Å². The lowest BCUT2D eigenvalue weighted by Gasteiger charge is -2.02. The first-order valence-corrected chi connectivity index (χ1v) is 7.74. The number of hydrogen-bond donors (Lipinski definition) is 1. The van der Waals surface area contributed by atoms with Gasteiger partial charge in [-0.1, -0.05) is 6.92 Å². The molecule has 0 aliphatic carbocycles. The van der Waals surface area contributed by atoms with Gasteiger partial charge in [0.25, 0.3) is 0 Å². The van der Waals surface area contributed by atoms with E-state index in [2.05, 4.69) is 23.8 Å². The molecule has 0 saturated heterocycles. The van der Waals surface area contributed by atoms with Crippen LogP contribution in [0.3, 0.4) is 0 Å². The molecule has 5 heteroatoms. The lowest BCUT2D eigenvalue weighted by Crippen LogP contribution is -2.06. The number of rotatable bonds is 4. The van der Waals surface area contributed by atoms with Gasteiger partial charge in [-0.25, -0.2) is 4.79 Å². The number of nitrogens with one attached hydrogen (secondary N) is 1. The third kappa shape index (κ3) is 3.66. The van der Waals surface area contributed by atoms with Crippen LogP contribution in [0, 0.1) is 13.8 Å². The fourth-order valence-corrected chi connectivity index (χ4v) is 2.98. The molecule has 0 unspecified atom stereocenters. The van der Waals surface area contributed by atoms with Crippen LogP contribution in [0.1, 0.15) is 61.4 Å². The van der Waals surface area contributed by atoms with E-state index in [1.165, 1.54) is 11.1 Å². The molecule has 1 N–H and O–H groups in total. The lowest BCUT2D eigenvalue weighted by molar-refractivity contribution is 0.0525. The molecule has 0 aromatic carbocycles. The molecule has 4 nitrogen and oxygen atoms in total. The number of esters is 1. The molecule has 0 bridgehead atoms. The number of carbonyl (C=O) groups excluding carboxylic acids is 1. The predicted octanol–water partition coefficient (Wildman–Crippen LogP) is 4.93. The highest BCUT2D eigenvalue weighted by atomic mass is 79.9. The van der Waals surface area contributed by atoms with Gasteiger partial charge >= 0.3 is 5.97 Å². The Hall–Kier alpha value is -1.62. The molecule has 2 heterocycles. The monoisotopic (exact) mass is 380 g/mol. The van der Waals surface area contributed by atoms with E-state index >= 15 is 0 Å². The van der Waals surface area contributed by atoms with Crippen molar-refractivity contribution in [3.05, 3.63) is 39.4 Å². The van der Waals surface area contributed by atoms with Gasteiger partial charge in [0.15, 0.2) is 0 Å². The fraction of sp³-hybridized carbons (Fsp3) is 0.444. The van der Waals surface area contributed by atoms with Crippen molar-refractivity contribution >= 4 is 34.7 Å². The van der Waals surface area contributed by atoms with E-state index in [0.29, 0.717) is 12.2 Å². The maximum Gasteiger partial charge on any atom is 0.340 e. The summed E-state index contributed by atoms with van der Waals surface area (Å²) in [5.74, 6) is -0.272. The van der Waals surface area contributed by atoms with Crippen molar-refractivity contribution in [1.82, 2.24) is 4.98 Å². The number of aryl methyl sites for hydroxylation is 1. The molecule has 0 amide bonds. The Bertz CT molecular complexity index is 709. The van der Waals surface area contributed by atoms with Crippen molar-refractivity contribution < 1.29 is 9.53 Å². The van der Waals surface area contributed by atoms with Gasteiger partial charge in [-0.2, -0.15) is 0 Å². The minimum absolute atomic E-state index is 0. The van der Waals surface area contributed by atoms with E-state index in [9.17, 15) is 4.79 Å². The van der Waals surface area contributed by atoms with Gasteiger partial charge < -0.3 is 9.72 Å². The normalized spacial score (nSPS) is 15.7. The van der Waals surface area contributed by atoms with Crippen LogP contribution in [0.4, 0.5) is 0 Å². The average Bonchev–Trinajstić information content (AvgIpc) is 2.87. The summed E-state index contributed by atoms with van der Waals surface area (Å²) in [6.45, 7) is 12.3. The quantitative estimate of drug-likeness (QED) is 0.752. The molecule has 1 aromatic heterocycles. The van der Waals surface area contributed by atoms with Crippen molar-refractivity contribution in [2.75, 3.05) is 6.61 Å². The minimum atomic E-state index is -0.272. The van der Waals surface area contributed by atoms with E-state index in [1.54, 1.807) is 0 Å². The highest BCUT2D eigenvalue weighted by Crippen LogP contribution is 2.30. The topological polar surface area (TPSA) is 54.5 Å². The summed E-state index contributed by atoms with van der Waals surface area (Å²) in [5, 5.41) is 0. The fourth-order valence-electron chi connectivity index (χ4n) is 2.98. The van der Waals surface area contributed by atoms with E-state index in [1.807, 2.05) is 33.8 Å². The largest absolute Gasteiger partial charge is 0.462 e. The van der Waals surface area contributed by atoms with Crippen LogP contribution in [0.15, 0.2) is 21.8 Å². The SMILES string of the molecule is Br.CCOC(=O)c1c(C)[nH]c(C=C2N=C(C)C(CC)=C2C)c1C. The molecular weight excluding hydrogens is 356 g/mol. The number of halogens is 1. The van der Waals surface area contributed by atoms with E-state index in [-0.39, 0.29) is 23.0 Å². The second-order valence-corrected chi connectivity index (χ2v) is 5.57. The zero-order valence-corrected chi connectivity index (χ0v) is 16.4. The van der Waals surface area contributed by atoms with Crippen LogP contribution >= 0.6 is 17.0 Å². The number of aliphatic imine (C=N–C) groups is 1. The summed E-state index contributed by atoms with van der Waals surface area (Å²) in [6.07, 6.45) is 3.00. The summed E-state index contributed by atoms with van der Waals surface area (Å²) in [7, 11) is 0. The Kier molecular flexibility index (Phi) is 6.57. The van der Waals surface area contributed by atoms with Crippen LogP contribution in [-0.2, 0) is 4.74 Å². The van der Waals surface area contributed by atoms with Crippen LogP contribution in [0.25, 0.3) is 6.08 Å². The smallest absolute Gasteiger partial charge is 0.340 e. The first kappa shape index (κ1) is 19.4. The zero-order valence-electron chi connectivity index (χ0n) is 14.7. The number of aromatic amines is 1. The van der Waals surface area contributed by atoms with Gasteiger partial charge in [0.2, 0.25) is 0 Å². The molecule has 0 fully saturated rings. The van der Waals surface area contributed by atoms with Crippen molar-refractivity contribution in [1.29, 1.82) is 0 Å². The first-order chi connectivity index (χ1) is 10.4. The Morgan fingerprint density at radius 2 is 1.87 bits per heavy atom. The second kappa shape index (κ2) is 7.77. The predicted molar refractivity (Wildman–Crippen MR) is 101 cm³/mol. The molecule has 1 aliphatic heterocycles. The minimum Gasteiger partial charge on any atom is -0.462 e. The van der Waals surface area contributed by atoms with Gasteiger partial charge in [-0.05, 0) is 63.8 Å². The maximum atomic E-state index is 12.1. The van der Waals surface area contributed by atoms with Crippen molar-refractivity contribution in [2.24, 2.45) is 4.99 Å². The lowest BCUT2D eigenvalue weighted by atomic mass is 10.0. The number of carbonyl (C=O) groups is 1. The van der Waals surface area contributed by atoms with Gasteiger partial charge in [-0.3, -0.25) is 4.99 Å². The summed E-state index contributed by atoms with van der Waals surface area (Å²) >= 11 is 0. The number of nitrogens with zero attached hydrogens (tertiary/aromatic N) is 1. The van der Waals surface area contributed by atoms with Gasteiger partial charge in [-0.15, -0.1) is 17.0 Å². The molecule has 126 valence electrons. The molecular formula is C18H25BrN2O2. The van der Waals surface area contributed by atoms with Crippen molar-refractivity contribution in [3.8, 4) is 0 Å². The molecule has 1 aliphatic rings. The van der Waals surface area contributed by atoms with E-state index in [0.717, 1.165) is 34.8 Å². The van der Waals surface area contributed by atoms with Gasteiger partial charge in [0, 0.05) is 17.1 Å². The van der Waals surface area contributed by atoms with Crippen LogP contribution in [0.2, 0.25) is 0 Å². The number of H-pyrrole nitrogens is 1. The molecule has 1 aromatic rings. The number of aromatic nitrogens is 1. The maximum absolute atomic E-state index is 12.1. The Balaban J connectivity index is 0.00000264. The molecule has 0 atom stereocenters. The molecule has 0 saturated carbocycles. The summed E-state index contributed by atoms with van der Waals surface area (Å²) in [6, 6.07) is 0. The van der Waals surface area contributed by atoms with E-state index in [4.69, 9.17) is 4.74 Å². The molecule has 2 rings (SSSR count). The standard InChI is InChI=1S/C18H24N2O2.BrH/c1-7-14-10(3)15(19-12(14)5)9-16-11(4)17(13(6)20-16)18(21)22-8-2;/h9,20H,7-8H2,1-6H3;1H. The van der Waals surface area contributed by atoms with Crippen LogP contribution in [-0.4, -0.2) is 23.3 Å². The Morgan fingerprint density at radius 3 is 2.39 bits per heavy atom. The van der Waals surface area contributed by atoms with Gasteiger partial charge in [0.1, 0.15) is 0 Å². The molecule has 23 heavy (non-hydrogen) atoms. The second-order valence-electron chi connectivity index (χ2n) is 5.57. The van der Waals surface area contributed by atoms with Crippen molar-refractivity contribution in [3.63, 3.8) is 0 Å². The van der Waals surface area contributed by atoms with E-state index < -0.39 is 0 Å². The number of allylic oxidation sites excluding steroid dienone is 2. The summed E-state index contributed by atoms with van der Waals surface area (Å²) < 4.78 is 5.13. The van der Waals surface area contributed by atoms with Crippen molar-refractivity contribution in [2.45, 2.75) is 48.0 Å². The summed E-state index contributed by atoms with van der Waals surface area (Å²) in [5.41, 5.74) is 7.86. The number of hydrogen-bond acceptors (Lipinski definition) is 3. The van der Waals surface area contributed by atoms with Gasteiger partial charge in [0.05, 0.1) is 17.9 Å². The van der Waals surface area contributed by atoms with Crippen LogP contribution in [0.5, 0.6) is 0 Å². The first-order valence-electron chi connectivity index (χ1n) is 7.74. The third-order valence-electron chi connectivity index (χ3n) is 4.15. The Labute approximate surface area is 148 Å². The Morgan fingerprint density at radius 1 is 1.22 bits per heavy atom. The number of ether oxygens (including phenoxy) is 1. The third-order valence-corrected chi connectivity index (χ3v) is 4.15. The molecule has 0 radical (unpaired) electrons. The zero-order chi connectivity index (χ0) is 16.4. The molecule has 0 spiro atoms. The highest BCUT2D eigenvalue weighted by Gasteiger charge is 2.20. The highest BCUT2D eigenvalue weighted by molar-refractivity contribution is 8.93. The summed E-state index contributed by atoms with van der Waals surface area (Å²) in [4.78, 5) is 20.0.